The molecule has 1 aromatic carbocycles. The summed E-state index contributed by atoms with van der Waals surface area (Å²) in [5.74, 6) is 1.77. The summed E-state index contributed by atoms with van der Waals surface area (Å²) in [5, 5.41) is 3.50. The molecule has 1 atom stereocenters. The van der Waals surface area contributed by atoms with Crippen LogP contribution in [0.5, 0.6) is 0 Å². The number of aryl methyl sites for hydroxylation is 1. The summed E-state index contributed by atoms with van der Waals surface area (Å²) in [6, 6.07) is 8.54. The number of guanidine groups is 1. The summed E-state index contributed by atoms with van der Waals surface area (Å²) in [7, 11) is 2.21. The SMILES string of the molecule is CCNC(=NCC1CCN(C)CC1)N1CCOC(c2ccccc2C)C1. The van der Waals surface area contributed by atoms with Crippen LogP contribution in [0.25, 0.3) is 0 Å². The average Bonchev–Trinajstić information content (AvgIpc) is 2.67. The Bertz CT molecular complexity index is 595. The molecule has 0 bridgehead atoms. The Morgan fingerprint density at radius 3 is 2.73 bits per heavy atom. The second kappa shape index (κ2) is 9.38. The molecule has 5 heteroatoms. The van der Waals surface area contributed by atoms with Crippen molar-refractivity contribution in [3.8, 4) is 0 Å². The lowest BCUT2D eigenvalue weighted by atomic mass is 9.97. The Morgan fingerprint density at radius 2 is 2.00 bits per heavy atom. The molecule has 1 N–H and O–H groups in total. The minimum atomic E-state index is 0.122. The minimum absolute atomic E-state index is 0.122. The van der Waals surface area contributed by atoms with E-state index in [0.717, 1.165) is 38.7 Å². The van der Waals surface area contributed by atoms with Crippen LogP contribution < -0.4 is 5.32 Å². The summed E-state index contributed by atoms with van der Waals surface area (Å²) >= 11 is 0. The highest BCUT2D eigenvalue weighted by atomic mass is 16.5. The van der Waals surface area contributed by atoms with Crippen LogP contribution in [0.15, 0.2) is 29.3 Å². The van der Waals surface area contributed by atoms with Crippen molar-refractivity contribution in [2.24, 2.45) is 10.9 Å². The highest BCUT2D eigenvalue weighted by Crippen LogP contribution is 2.25. The fourth-order valence-corrected chi connectivity index (χ4v) is 3.86. The number of piperidine rings is 1. The van der Waals surface area contributed by atoms with Gasteiger partial charge in [-0.05, 0) is 63.9 Å². The van der Waals surface area contributed by atoms with Gasteiger partial charge in [-0.3, -0.25) is 4.99 Å². The molecule has 2 aliphatic rings. The first kappa shape index (κ1) is 19.2. The van der Waals surface area contributed by atoms with E-state index in [9.17, 15) is 0 Å². The molecule has 0 radical (unpaired) electrons. The Morgan fingerprint density at radius 1 is 1.23 bits per heavy atom. The number of nitrogens with zero attached hydrogens (tertiary/aromatic N) is 3. The fourth-order valence-electron chi connectivity index (χ4n) is 3.86. The Kier molecular flexibility index (Phi) is 6.92. The smallest absolute Gasteiger partial charge is 0.194 e. The van der Waals surface area contributed by atoms with Crippen LogP contribution in [0.3, 0.4) is 0 Å². The van der Waals surface area contributed by atoms with Crippen LogP contribution in [0, 0.1) is 12.8 Å². The highest BCUT2D eigenvalue weighted by molar-refractivity contribution is 5.80. The number of nitrogens with one attached hydrogen (secondary N) is 1. The molecule has 0 aromatic heterocycles. The number of hydrogen-bond donors (Lipinski definition) is 1. The molecule has 0 amide bonds. The summed E-state index contributed by atoms with van der Waals surface area (Å²) in [6.07, 6.45) is 2.64. The predicted molar refractivity (Wildman–Crippen MR) is 108 cm³/mol. The molecule has 5 nitrogen and oxygen atoms in total. The molecule has 0 saturated carbocycles. The first-order valence-corrected chi connectivity index (χ1v) is 10.1. The molecule has 144 valence electrons. The lowest BCUT2D eigenvalue weighted by Gasteiger charge is -2.36. The van der Waals surface area contributed by atoms with Gasteiger partial charge in [0, 0.05) is 19.6 Å². The zero-order valence-electron chi connectivity index (χ0n) is 16.6. The molecule has 0 spiro atoms. The molecule has 0 aliphatic carbocycles. The maximum Gasteiger partial charge on any atom is 0.194 e. The molecule has 1 unspecified atom stereocenters. The number of hydrogen-bond acceptors (Lipinski definition) is 3. The summed E-state index contributed by atoms with van der Waals surface area (Å²) < 4.78 is 6.08. The summed E-state index contributed by atoms with van der Waals surface area (Å²) in [6.45, 7) is 11.1. The molecule has 2 aliphatic heterocycles. The molecular weight excluding hydrogens is 324 g/mol. The van der Waals surface area contributed by atoms with Gasteiger partial charge in [0.2, 0.25) is 0 Å². The van der Waals surface area contributed by atoms with Gasteiger partial charge in [-0.2, -0.15) is 0 Å². The maximum atomic E-state index is 6.08. The predicted octanol–water partition coefficient (Wildman–Crippen LogP) is 2.68. The lowest BCUT2D eigenvalue weighted by Crippen LogP contribution is -2.48. The van der Waals surface area contributed by atoms with Gasteiger partial charge in [0.15, 0.2) is 5.96 Å². The van der Waals surface area contributed by atoms with Gasteiger partial charge >= 0.3 is 0 Å². The summed E-state index contributed by atoms with van der Waals surface area (Å²) in [5.41, 5.74) is 2.59. The number of morpholine rings is 1. The Balaban J connectivity index is 1.65. The third kappa shape index (κ3) is 4.98. The number of aliphatic imine (C=N–C) groups is 1. The van der Waals surface area contributed by atoms with Gasteiger partial charge in [0.05, 0.1) is 13.2 Å². The van der Waals surface area contributed by atoms with Gasteiger partial charge in [0.1, 0.15) is 6.10 Å². The van der Waals surface area contributed by atoms with Crippen molar-refractivity contribution < 1.29 is 4.74 Å². The largest absolute Gasteiger partial charge is 0.370 e. The molecule has 2 saturated heterocycles. The maximum absolute atomic E-state index is 6.08. The van der Waals surface area contributed by atoms with Crippen molar-refractivity contribution in [1.29, 1.82) is 0 Å². The standard InChI is InChI=1S/C21H34N4O/c1-4-22-21(23-15-18-9-11-24(3)12-10-18)25-13-14-26-20(16-25)19-8-6-5-7-17(19)2/h5-8,18,20H,4,9-16H2,1-3H3,(H,22,23). The minimum Gasteiger partial charge on any atom is -0.370 e. The summed E-state index contributed by atoms with van der Waals surface area (Å²) in [4.78, 5) is 9.78. The second-order valence-corrected chi connectivity index (χ2v) is 7.60. The number of rotatable bonds is 4. The third-order valence-electron chi connectivity index (χ3n) is 5.57. The van der Waals surface area contributed by atoms with E-state index in [4.69, 9.17) is 9.73 Å². The van der Waals surface area contributed by atoms with E-state index in [0.29, 0.717) is 5.92 Å². The van der Waals surface area contributed by atoms with Crippen LogP contribution >= 0.6 is 0 Å². The van der Waals surface area contributed by atoms with E-state index in [1.807, 2.05) is 0 Å². The number of likely N-dealkylation sites (tertiary alicyclic amines) is 1. The van der Waals surface area contributed by atoms with Crippen LogP contribution in [-0.4, -0.2) is 68.7 Å². The van der Waals surface area contributed by atoms with Crippen LogP contribution in [0.4, 0.5) is 0 Å². The Labute approximate surface area is 158 Å². The molecule has 2 fully saturated rings. The fraction of sp³-hybridized carbons (Fsp3) is 0.667. The van der Waals surface area contributed by atoms with Gasteiger partial charge in [0.25, 0.3) is 0 Å². The van der Waals surface area contributed by atoms with Crippen molar-refractivity contribution in [2.45, 2.75) is 32.8 Å². The molecule has 1 aromatic rings. The molecular formula is C21H34N4O. The molecule has 2 heterocycles. The molecule has 3 rings (SSSR count). The quantitative estimate of drug-likeness (QED) is 0.664. The first-order valence-electron chi connectivity index (χ1n) is 10.1. The number of ether oxygens (including phenoxy) is 1. The van der Waals surface area contributed by atoms with E-state index < -0.39 is 0 Å². The van der Waals surface area contributed by atoms with E-state index >= 15 is 0 Å². The first-order chi connectivity index (χ1) is 12.7. The van der Waals surface area contributed by atoms with Crippen molar-refractivity contribution in [3.63, 3.8) is 0 Å². The van der Waals surface area contributed by atoms with Crippen molar-refractivity contribution in [2.75, 3.05) is 52.9 Å². The topological polar surface area (TPSA) is 40.1 Å². The van der Waals surface area contributed by atoms with Crippen molar-refractivity contribution in [3.05, 3.63) is 35.4 Å². The number of benzene rings is 1. The molecule has 26 heavy (non-hydrogen) atoms. The second-order valence-electron chi connectivity index (χ2n) is 7.60. The van der Waals surface area contributed by atoms with E-state index in [1.165, 1.54) is 37.1 Å². The van der Waals surface area contributed by atoms with Crippen LogP contribution in [-0.2, 0) is 4.74 Å². The zero-order chi connectivity index (χ0) is 18.4. The normalized spacial score (nSPS) is 23.3. The highest BCUT2D eigenvalue weighted by Gasteiger charge is 2.25. The third-order valence-corrected chi connectivity index (χ3v) is 5.57. The van der Waals surface area contributed by atoms with E-state index in [1.54, 1.807) is 0 Å². The zero-order valence-corrected chi connectivity index (χ0v) is 16.6. The average molecular weight is 359 g/mol. The lowest BCUT2D eigenvalue weighted by molar-refractivity contribution is -0.00836. The van der Waals surface area contributed by atoms with Crippen molar-refractivity contribution >= 4 is 5.96 Å². The van der Waals surface area contributed by atoms with E-state index in [-0.39, 0.29) is 6.10 Å². The van der Waals surface area contributed by atoms with Crippen LogP contribution in [0.2, 0.25) is 0 Å². The van der Waals surface area contributed by atoms with Gasteiger partial charge in [-0.25, -0.2) is 0 Å². The van der Waals surface area contributed by atoms with Gasteiger partial charge in [-0.15, -0.1) is 0 Å². The van der Waals surface area contributed by atoms with Crippen molar-refractivity contribution in [1.82, 2.24) is 15.1 Å². The van der Waals surface area contributed by atoms with Crippen LogP contribution in [0.1, 0.15) is 37.0 Å². The van der Waals surface area contributed by atoms with E-state index in [2.05, 4.69) is 60.3 Å². The monoisotopic (exact) mass is 358 g/mol. The Hall–Kier alpha value is -1.59. The van der Waals surface area contributed by atoms with Gasteiger partial charge < -0.3 is 19.9 Å². The van der Waals surface area contributed by atoms with Gasteiger partial charge in [-0.1, -0.05) is 24.3 Å².